The quantitative estimate of drug-likeness (QED) is 0.413. The third-order valence-electron chi connectivity index (χ3n) is 4.98. The molecule has 1 atom stereocenters. The molecule has 0 bridgehead atoms. The Balaban J connectivity index is 1.71. The lowest BCUT2D eigenvalue weighted by Crippen LogP contribution is -2.25. The molecule has 0 radical (unpaired) electrons. The van der Waals surface area contributed by atoms with E-state index in [1.807, 2.05) is 19.1 Å². The molecule has 0 fully saturated rings. The van der Waals surface area contributed by atoms with E-state index in [0.29, 0.717) is 32.0 Å². The van der Waals surface area contributed by atoms with E-state index in [1.165, 1.54) is 0 Å². The van der Waals surface area contributed by atoms with Crippen LogP contribution in [0.25, 0.3) is 0 Å². The molecule has 0 unspecified atom stereocenters. The van der Waals surface area contributed by atoms with Gasteiger partial charge in [0.25, 0.3) is 5.91 Å². The van der Waals surface area contributed by atoms with E-state index < -0.39 is 11.2 Å². The second kappa shape index (κ2) is 9.83. The van der Waals surface area contributed by atoms with Gasteiger partial charge in [-0.2, -0.15) is 0 Å². The van der Waals surface area contributed by atoms with Gasteiger partial charge in [-0.05, 0) is 55.5 Å². The Labute approximate surface area is 205 Å². The Morgan fingerprint density at radius 1 is 0.909 bits per heavy atom. The number of rotatable bonds is 5. The van der Waals surface area contributed by atoms with Gasteiger partial charge in [-0.1, -0.05) is 64.8 Å². The number of nitrogens with zero attached hydrogens (tertiary/aromatic N) is 1. The molecule has 0 aliphatic carbocycles. The van der Waals surface area contributed by atoms with E-state index >= 15 is 0 Å². The Bertz CT molecular complexity index is 1270. The Morgan fingerprint density at radius 3 is 2.09 bits per heavy atom. The average Bonchev–Trinajstić information content (AvgIpc) is 3.12. The SMILES string of the molecule is Cc1ccc(C(=O)[C@@H]2SC(=Nc3ccc(Cl)cc3)C(C(=O)Nc3ccc(Cl)cc3)=C2N)cc1. The number of aryl methyl sites for hydroxylation is 1. The fraction of sp³-hybridized carbons (Fsp3) is 0.0800. The summed E-state index contributed by atoms with van der Waals surface area (Å²) in [6, 6.07) is 20.8. The van der Waals surface area contributed by atoms with Crippen LogP contribution in [-0.4, -0.2) is 22.0 Å². The van der Waals surface area contributed by atoms with Gasteiger partial charge in [0.15, 0.2) is 5.78 Å². The van der Waals surface area contributed by atoms with Crippen molar-refractivity contribution >= 4 is 63.1 Å². The lowest BCUT2D eigenvalue weighted by atomic mass is 10.0. The molecule has 4 rings (SSSR count). The highest BCUT2D eigenvalue weighted by atomic mass is 35.5. The first-order valence-electron chi connectivity index (χ1n) is 10.0. The third-order valence-corrected chi connectivity index (χ3v) is 6.70. The number of ketones is 1. The Hall–Kier alpha value is -3.06. The molecular weight excluding hydrogens is 477 g/mol. The van der Waals surface area contributed by atoms with Crippen LogP contribution in [0, 0.1) is 6.92 Å². The molecule has 0 saturated carbocycles. The predicted molar refractivity (Wildman–Crippen MR) is 137 cm³/mol. The highest BCUT2D eigenvalue weighted by Gasteiger charge is 2.38. The molecule has 3 aromatic carbocycles. The maximum absolute atomic E-state index is 13.2. The number of thioether (sulfide) groups is 1. The monoisotopic (exact) mass is 495 g/mol. The van der Waals surface area contributed by atoms with Gasteiger partial charge in [-0.15, -0.1) is 0 Å². The second-order valence-corrected chi connectivity index (χ2v) is 9.38. The second-order valence-electron chi connectivity index (χ2n) is 7.41. The maximum atomic E-state index is 13.2. The molecule has 1 aliphatic heterocycles. The van der Waals surface area contributed by atoms with E-state index in [1.54, 1.807) is 60.7 Å². The fourth-order valence-corrected chi connectivity index (χ4v) is 4.67. The van der Waals surface area contributed by atoms with Crippen LogP contribution in [0.1, 0.15) is 15.9 Å². The van der Waals surface area contributed by atoms with Crippen LogP contribution in [-0.2, 0) is 4.79 Å². The van der Waals surface area contributed by atoms with Crippen LogP contribution < -0.4 is 11.1 Å². The first kappa shape index (κ1) is 23.1. The minimum atomic E-state index is -0.760. The number of carbonyl (C=O) groups excluding carboxylic acids is 2. The van der Waals surface area contributed by atoms with Crippen molar-refractivity contribution in [2.24, 2.45) is 10.7 Å². The number of halogens is 2. The summed E-state index contributed by atoms with van der Waals surface area (Å²) < 4.78 is 0. The Morgan fingerprint density at radius 2 is 1.48 bits per heavy atom. The van der Waals surface area contributed by atoms with Crippen LogP contribution >= 0.6 is 35.0 Å². The van der Waals surface area contributed by atoms with E-state index in [4.69, 9.17) is 28.9 Å². The van der Waals surface area contributed by atoms with E-state index in [0.717, 1.165) is 17.3 Å². The molecule has 1 heterocycles. The van der Waals surface area contributed by atoms with Gasteiger partial charge in [0.1, 0.15) is 10.3 Å². The number of hydrogen-bond donors (Lipinski definition) is 2. The van der Waals surface area contributed by atoms with E-state index in [2.05, 4.69) is 10.3 Å². The number of Topliss-reactive ketones (excluding diaryl/α,β-unsaturated/α-hetero) is 1. The standard InChI is InChI=1S/C25H19Cl2N3O2S/c1-14-2-4-15(5-3-14)22(31)23-21(28)20(24(32)29-18-10-6-16(26)7-11-18)25(33-23)30-19-12-8-17(27)9-13-19/h2-13,23H,28H2,1H3,(H,29,32)/t23-/m1/s1. The van der Waals surface area contributed by atoms with Gasteiger partial charge in [0.2, 0.25) is 0 Å². The largest absolute Gasteiger partial charge is 0.400 e. The number of anilines is 1. The van der Waals surface area contributed by atoms with E-state index in [-0.39, 0.29) is 17.1 Å². The van der Waals surface area contributed by atoms with Gasteiger partial charge in [-0.25, -0.2) is 4.99 Å². The minimum Gasteiger partial charge on any atom is -0.400 e. The molecule has 1 aliphatic rings. The normalized spacial score (nSPS) is 16.8. The molecule has 3 aromatic rings. The topological polar surface area (TPSA) is 84.5 Å². The van der Waals surface area contributed by atoms with Crippen LogP contribution in [0.5, 0.6) is 0 Å². The van der Waals surface area contributed by atoms with Crippen molar-refractivity contribution in [1.82, 2.24) is 0 Å². The zero-order valence-electron chi connectivity index (χ0n) is 17.5. The molecule has 0 spiro atoms. The highest BCUT2D eigenvalue weighted by molar-refractivity contribution is 8.16. The molecule has 8 heteroatoms. The van der Waals surface area contributed by atoms with Gasteiger partial charge in [0, 0.05) is 27.0 Å². The zero-order chi connectivity index (χ0) is 23.5. The maximum Gasteiger partial charge on any atom is 0.260 e. The zero-order valence-corrected chi connectivity index (χ0v) is 19.8. The first-order chi connectivity index (χ1) is 15.8. The van der Waals surface area contributed by atoms with Gasteiger partial charge in [0.05, 0.1) is 11.3 Å². The van der Waals surface area contributed by atoms with Crippen LogP contribution in [0.3, 0.4) is 0 Å². The molecule has 0 aromatic heterocycles. The first-order valence-corrected chi connectivity index (χ1v) is 11.6. The van der Waals surface area contributed by atoms with Gasteiger partial charge < -0.3 is 11.1 Å². The van der Waals surface area contributed by atoms with Gasteiger partial charge >= 0.3 is 0 Å². The summed E-state index contributed by atoms with van der Waals surface area (Å²) in [7, 11) is 0. The molecule has 5 nitrogen and oxygen atoms in total. The predicted octanol–water partition coefficient (Wildman–Crippen LogP) is 6.18. The number of carbonyl (C=O) groups is 2. The smallest absolute Gasteiger partial charge is 0.260 e. The lowest BCUT2D eigenvalue weighted by Gasteiger charge is -2.10. The van der Waals surface area contributed by atoms with Crippen molar-refractivity contribution in [3.05, 3.63) is 105 Å². The minimum absolute atomic E-state index is 0.171. The van der Waals surface area contributed by atoms with Crippen molar-refractivity contribution in [3.8, 4) is 0 Å². The summed E-state index contributed by atoms with van der Waals surface area (Å²) in [4.78, 5) is 31.0. The number of aliphatic imine (C=N–C) groups is 1. The number of hydrogen-bond acceptors (Lipinski definition) is 5. The highest BCUT2D eigenvalue weighted by Crippen LogP contribution is 2.37. The molecular formula is C25H19Cl2N3O2S. The number of nitrogens with two attached hydrogens (primary N) is 1. The van der Waals surface area contributed by atoms with Crippen molar-refractivity contribution in [2.45, 2.75) is 12.2 Å². The summed E-state index contributed by atoms with van der Waals surface area (Å²) in [6.45, 7) is 1.95. The fourth-order valence-electron chi connectivity index (χ4n) is 3.22. The third kappa shape index (κ3) is 5.30. The molecule has 33 heavy (non-hydrogen) atoms. The average molecular weight is 496 g/mol. The van der Waals surface area contributed by atoms with Crippen molar-refractivity contribution in [1.29, 1.82) is 0 Å². The molecule has 1 amide bonds. The summed E-state index contributed by atoms with van der Waals surface area (Å²) in [6.07, 6.45) is 0. The summed E-state index contributed by atoms with van der Waals surface area (Å²) in [5.41, 5.74) is 9.45. The summed E-state index contributed by atoms with van der Waals surface area (Å²) >= 11 is 13.1. The summed E-state index contributed by atoms with van der Waals surface area (Å²) in [5, 5.41) is 3.54. The Kier molecular flexibility index (Phi) is 6.88. The van der Waals surface area contributed by atoms with Crippen LogP contribution in [0.4, 0.5) is 11.4 Å². The summed E-state index contributed by atoms with van der Waals surface area (Å²) in [5.74, 6) is -0.634. The van der Waals surface area contributed by atoms with Crippen LogP contribution in [0.2, 0.25) is 10.0 Å². The molecule has 166 valence electrons. The van der Waals surface area contributed by atoms with E-state index in [9.17, 15) is 9.59 Å². The van der Waals surface area contributed by atoms with Crippen molar-refractivity contribution in [2.75, 3.05) is 5.32 Å². The van der Waals surface area contributed by atoms with Crippen LogP contribution in [0.15, 0.2) is 89.1 Å². The lowest BCUT2D eigenvalue weighted by molar-refractivity contribution is -0.112. The number of nitrogens with one attached hydrogen (secondary N) is 1. The number of amides is 1. The molecule has 0 saturated heterocycles. The molecule has 3 N–H and O–H groups in total. The van der Waals surface area contributed by atoms with Gasteiger partial charge in [-0.3, -0.25) is 9.59 Å². The van der Waals surface area contributed by atoms with Crippen molar-refractivity contribution in [3.63, 3.8) is 0 Å². The number of benzene rings is 3. The van der Waals surface area contributed by atoms with Crippen molar-refractivity contribution < 1.29 is 9.59 Å².